The van der Waals surface area contributed by atoms with E-state index in [1.54, 1.807) is 19.1 Å². The SMILES string of the molecule is CCN(Cc1ccccc1)S(=O)(=O)c1ccc(C(=O)Nc2nc3c(F)cccc3s2)cc1. The first-order valence-corrected chi connectivity index (χ1v) is 12.1. The summed E-state index contributed by atoms with van der Waals surface area (Å²) in [6.45, 7) is 2.35. The smallest absolute Gasteiger partial charge is 0.257 e. The summed E-state index contributed by atoms with van der Waals surface area (Å²) in [5.41, 5.74) is 1.36. The van der Waals surface area contributed by atoms with Crippen LogP contribution in [0.25, 0.3) is 10.2 Å². The summed E-state index contributed by atoms with van der Waals surface area (Å²) in [5.74, 6) is -0.908. The molecule has 0 saturated carbocycles. The Balaban J connectivity index is 1.50. The molecule has 0 fully saturated rings. The van der Waals surface area contributed by atoms with Crippen molar-refractivity contribution in [3.63, 3.8) is 0 Å². The molecule has 0 spiro atoms. The lowest BCUT2D eigenvalue weighted by atomic mass is 10.2. The number of benzene rings is 3. The summed E-state index contributed by atoms with van der Waals surface area (Å²) in [4.78, 5) is 16.8. The Labute approximate surface area is 189 Å². The van der Waals surface area contributed by atoms with E-state index in [0.29, 0.717) is 11.2 Å². The maximum absolute atomic E-state index is 13.8. The topological polar surface area (TPSA) is 79.4 Å². The fourth-order valence-corrected chi connectivity index (χ4v) is 5.53. The van der Waals surface area contributed by atoms with Gasteiger partial charge in [-0.2, -0.15) is 4.31 Å². The summed E-state index contributed by atoms with van der Waals surface area (Å²) >= 11 is 1.16. The van der Waals surface area contributed by atoms with Crippen molar-refractivity contribution >= 4 is 42.6 Å². The molecule has 3 aromatic carbocycles. The lowest BCUT2D eigenvalue weighted by molar-refractivity contribution is 0.102. The van der Waals surface area contributed by atoms with E-state index in [9.17, 15) is 17.6 Å². The fraction of sp³-hybridized carbons (Fsp3) is 0.130. The number of nitrogens with one attached hydrogen (secondary N) is 1. The standard InChI is InChI=1S/C23H20FN3O3S2/c1-2-27(15-16-7-4-3-5-8-16)32(29,30)18-13-11-17(12-14-18)22(28)26-23-25-21-19(24)9-6-10-20(21)31-23/h3-14H,2,15H2,1H3,(H,25,26,28). The zero-order valence-electron chi connectivity index (χ0n) is 17.2. The van der Waals surface area contributed by atoms with Gasteiger partial charge in [0.2, 0.25) is 10.0 Å². The number of aromatic nitrogens is 1. The molecule has 4 aromatic rings. The lowest BCUT2D eigenvalue weighted by Crippen LogP contribution is -2.30. The monoisotopic (exact) mass is 469 g/mol. The molecular weight excluding hydrogens is 449 g/mol. The third-order valence-electron chi connectivity index (χ3n) is 4.90. The van der Waals surface area contributed by atoms with Crippen molar-refractivity contribution in [2.45, 2.75) is 18.4 Å². The number of amides is 1. The number of fused-ring (bicyclic) bond motifs is 1. The van der Waals surface area contributed by atoms with Crippen molar-refractivity contribution in [1.29, 1.82) is 0 Å². The third-order valence-corrected chi connectivity index (χ3v) is 7.77. The van der Waals surface area contributed by atoms with Gasteiger partial charge in [0.1, 0.15) is 11.3 Å². The second-order valence-corrected chi connectivity index (χ2v) is 9.97. The van der Waals surface area contributed by atoms with Gasteiger partial charge in [0.05, 0.1) is 9.60 Å². The van der Waals surface area contributed by atoms with Crippen LogP contribution in [0.2, 0.25) is 0 Å². The molecule has 0 aliphatic carbocycles. The number of rotatable bonds is 7. The highest BCUT2D eigenvalue weighted by Crippen LogP contribution is 2.28. The van der Waals surface area contributed by atoms with Gasteiger partial charge in [-0.1, -0.05) is 54.7 Å². The van der Waals surface area contributed by atoms with Crippen LogP contribution in [0.5, 0.6) is 0 Å². The average Bonchev–Trinajstić information content (AvgIpc) is 3.22. The molecule has 0 radical (unpaired) electrons. The highest BCUT2D eigenvalue weighted by molar-refractivity contribution is 7.89. The minimum atomic E-state index is -3.72. The summed E-state index contributed by atoms with van der Waals surface area (Å²) < 4.78 is 41.9. The minimum Gasteiger partial charge on any atom is -0.298 e. The fourth-order valence-electron chi connectivity index (χ4n) is 3.22. The zero-order valence-corrected chi connectivity index (χ0v) is 18.8. The Morgan fingerprint density at radius 3 is 2.41 bits per heavy atom. The predicted molar refractivity (Wildman–Crippen MR) is 124 cm³/mol. The quantitative estimate of drug-likeness (QED) is 0.418. The zero-order chi connectivity index (χ0) is 22.7. The van der Waals surface area contributed by atoms with Crippen molar-refractivity contribution in [1.82, 2.24) is 9.29 Å². The molecule has 1 heterocycles. The van der Waals surface area contributed by atoms with Crippen LogP contribution < -0.4 is 5.32 Å². The average molecular weight is 470 g/mol. The van der Waals surface area contributed by atoms with Crippen LogP contribution >= 0.6 is 11.3 Å². The number of carbonyl (C=O) groups is 1. The number of carbonyl (C=O) groups excluding carboxylic acids is 1. The van der Waals surface area contributed by atoms with Gasteiger partial charge in [-0.25, -0.2) is 17.8 Å². The van der Waals surface area contributed by atoms with Gasteiger partial charge < -0.3 is 0 Å². The molecule has 0 unspecified atom stereocenters. The molecule has 0 aliphatic heterocycles. The Hall–Kier alpha value is -3.14. The molecule has 1 amide bonds. The molecule has 1 N–H and O–H groups in total. The van der Waals surface area contributed by atoms with E-state index < -0.39 is 21.7 Å². The normalized spacial score (nSPS) is 11.7. The van der Waals surface area contributed by atoms with E-state index in [1.165, 1.54) is 34.6 Å². The molecule has 4 rings (SSSR count). The number of thiazole rings is 1. The van der Waals surface area contributed by atoms with E-state index >= 15 is 0 Å². The Morgan fingerprint density at radius 1 is 1.03 bits per heavy atom. The van der Waals surface area contributed by atoms with Crippen molar-refractivity contribution in [3.05, 3.63) is 89.7 Å². The summed E-state index contributed by atoms with van der Waals surface area (Å²) in [6.07, 6.45) is 0. The number of hydrogen-bond acceptors (Lipinski definition) is 5. The second kappa shape index (κ2) is 9.15. The predicted octanol–water partition coefficient (Wildman–Crippen LogP) is 4.90. The van der Waals surface area contributed by atoms with Crippen molar-refractivity contribution < 1.29 is 17.6 Å². The molecule has 164 valence electrons. The molecule has 9 heteroatoms. The Bertz CT molecular complexity index is 1350. The molecule has 0 atom stereocenters. The molecule has 0 saturated heterocycles. The number of para-hydroxylation sites is 1. The van der Waals surface area contributed by atoms with Gasteiger partial charge in [0.15, 0.2) is 5.13 Å². The summed E-state index contributed by atoms with van der Waals surface area (Å²) in [7, 11) is -3.72. The van der Waals surface area contributed by atoms with E-state index in [4.69, 9.17) is 0 Å². The van der Waals surface area contributed by atoms with Crippen molar-refractivity contribution in [2.75, 3.05) is 11.9 Å². The maximum atomic E-state index is 13.8. The third kappa shape index (κ3) is 4.55. The minimum absolute atomic E-state index is 0.105. The van der Waals surface area contributed by atoms with Crippen molar-refractivity contribution in [2.24, 2.45) is 0 Å². The van der Waals surface area contributed by atoms with Gasteiger partial charge in [-0.05, 0) is 42.0 Å². The first-order valence-electron chi connectivity index (χ1n) is 9.89. The van der Waals surface area contributed by atoms with Gasteiger partial charge in [-0.3, -0.25) is 10.1 Å². The molecular formula is C23H20FN3O3S2. The van der Waals surface area contributed by atoms with Gasteiger partial charge in [0, 0.05) is 18.7 Å². The highest BCUT2D eigenvalue weighted by Gasteiger charge is 2.23. The number of anilines is 1. The van der Waals surface area contributed by atoms with Gasteiger partial charge in [-0.15, -0.1) is 0 Å². The Kier molecular flexibility index (Phi) is 6.31. The van der Waals surface area contributed by atoms with E-state index in [0.717, 1.165) is 16.9 Å². The number of nitrogens with zero attached hydrogens (tertiary/aromatic N) is 2. The first-order chi connectivity index (χ1) is 15.4. The van der Waals surface area contributed by atoms with Crippen LogP contribution in [0.4, 0.5) is 9.52 Å². The van der Waals surface area contributed by atoms with E-state index in [-0.39, 0.29) is 27.7 Å². The van der Waals surface area contributed by atoms with Crippen LogP contribution in [-0.2, 0) is 16.6 Å². The largest absolute Gasteiger partial charge is 0.298 e. The van der Waals surface area contributed by atoms with Crippen LogP contribution in [0.15, 0.2) is 77.7 Å². The van der Waals surface area contributed by atoms with Gasteiger partial charge >= 0.3 is 0 Å². The molecule has 6 nitrogen and oxygen atoms in total. The summed E-state index contributed by atoms with van der Waals surface area (Å²) in [6, 6.07) is 19.7. The van der Waals surface area contributed by atoms with Crippen molar-refractivity contribution in [3.8, 4) is 0 Å². The lowest BCUT2D eigenvalue weighted by Gasteiger charge is -2.20. The Morgan fingerprint density at radius 2 is 1.75 bits per heavy atom. The van der Waals surface area contributed by atoms with Crippen LogP contribution in [0.1, 0.15) is 22.8 Å². The van der Waals surface area contributed by atoms with Crippen LogP contribution in [0.3, 0.4) is 0 Å². The number of hydrogen-bond donors (Lipinski definition) is 1. The molecule has 0 aliphatic rings. The highest BCUT2D eigenvalue weighted by atomic mass is 32.2. The van der Waals surface area contributed by atoms with Crippen LogP contribution in [0, 0.1) is 5.82 Å². The van der Waals surface area contributed by atoms with Crippen LogP contribution in [-0.4, -0.2) is 30.2 Å². The number of halogens is 1. The first kappa shape index (κ1) is 22.1. The summed E-state index contributed by atoms with van der Waals surface area (Å²) in [5, 5.41) is 2.91. The number of sulfonamides is 1. The second-order valence-electron chi connectivity index (χ2n) is 7.00. The van der Waals surface area contributed by atoms with Gasteiger partial charge in [0.25, 0.3) is 5.91 Å². The molecule has 32 heavy (non-hydrogen) atoms. The van der Waals surface area contributed by atoms with E-state index in [1.807, 2.05) is 30.3 Å². The van der Waals surface area contributed by atoms with E-state index in [2.05, 4.69) is 10.3 Å². The maximum Gasteiger partial charge on any atom is 0.257 e. The molecule has 0 bridgehead atoms. The molecule has 1 aromatic heterocycles.